The number of hydrogen-bond donors (Lipinski definition) is 1. The van der Waals surface area contributed by atoms with Crippen LogP contribution in [0.1, 0.15) is 43.2 Å². The lowest BCUT2D eigenvalue weighted by Crippen LogP contribution is -2.32. The summed E-state index contributed by atoms with van der Waals surface area (Å²) in [4.78, 5) is 0. The highest BCUT2D eigenvalue weighted by molar-refractivity contribution is 7.98. The van der Waals surface area contributed by atoms with Crippen LogP contribution in [0.2, 0.25) is 0 Å². The van der Waals surface area contributed by atoms with Crippen LogP contribution in [0.25, 0.3) is 0 Å². The molecule has 0 unspecified atom stereocenters. The van der Waals surface area contributed by atoms with Crippen molar-refractivity contribution >= 4 is 11.8 Å². The molecule has 18 heavy (non-hydrogen) atoms. The SMILES string of the molecule is Cc1cccc(CSCCNC2CCCCC2)c1. The third kappa shape index (κ3) is 5.03. The topological polar surface area (TPSA) is 12.0 Å². The third-order valence-electron chi connectivity index (χ3n) is 3.64. The molecule has 1 aromatic rings. The van der Waals surface area contributed by atoms with Gasteiger partial charge in [0.25, 0.3) is 0 Å². The quantitative estimate of drug-likeness (QED) is 0.774. The summed E-state index contributed by atoms with van der Waals surface area (Å²) in [7, 11) is 0. The number of nitrogens with one attached hydrogen (secondary N) is 1. The van der Waals surface area contributed by atoms with Crippen molar-refractivity contribution in [3.8, 4) is 0 Å². The van der Waals surface area contributed by atoms with Gasteiger partial charge < -0.3 is 5.32 Å². The van der Waals surface area contributed by atoms with E-state index < -0.39 is 0 Å². The first kappa shape index (κ1) is 14.0. The molecular weight excluding hydrogens is 238 g/mol. The maximum Gasteiger partial charge on any atom is 0.0185 e. The van der Waals surface area contributed by atoms with E-state index in [1.54, 1.807) is 0 Å². The molecule has 0 amide bonds. The second-order valence-electron chi connectivity index (χ2n) is 5.33. The van der Waals surface area contributed by atoms with Crippen LogP contribution in [0.15, 0.2) is 24.3 Å². The molecule has 0 aliphatic heterocycles. The Hall–Kier alpha value is -0.470. The first-order valence-corrected chi connectivity index (χ1v) is 8.37. The number of aryl methyl sites for hydroxylation is 1. The third-order valence-corrected chi connectivity index (χ3v) is 4.67. The van der Waals surface area contributed by atoms with E-state index in [9.17, 15) is 0 Å². The number of hydrogen-bond acceptors (Lipinski definition) is 2. The molecule has 0 atom stereocenters. The van der Waals surface area contributed by atoms with Gasteiger partial charge in [-0.3, -0.25) is 0 Å². The summed E-state index contributed by atoms with van der Waals surface area (Å²) >= 11 is 2.04. The standard InChI is InChI=1S/C16H25NS/c1-14-6-5-7-15(12-14)13-18-11-10-17-16-8-3-2-4-9-16/h5-7,12,16-17H,2-4,8-11,13H2,1H3. The van der Waals surface area contributed by atoms with E-state index in [0.717, 1.165) is 11.8 Å². The van der Waals surface area contributed by atoms with Crippen LogP contribution in [0.4, 0.5) is 0 Å². The normalized spacial score (nSPS) is 16.9. The maximum absolute atomic E-state index is 3.70. The van der Waals surface area contributed by atoms with Gasteiger partial charge in [0.15, 0.2) is 0 Å². The zero-order chi connectivity index (χ0) is 12.6. The van der Waals surface area contributed by atoms with Crippen molar-refractivity contribution in [1.82, 2.24) is 5.32 Å². The van der Waals surface area contributed by atoms with Gasteiger partial charge in [-0.15, -0.1) is 0 Å². The fourth-order valence-corrected chi connectivity index (χ4v) is 3.46. The molecule has 0 saturated heterocycles. The fourth-order valence-electron chi connectivity index (χ4n) is 2.63. The van der Waals surface area contributed by atoms with Crippen LogP contribution in [0.5, 0.6) is 0 Å². The summed E-state index contributed by atoms with van der Waals surface area (Å²) in [6.07, 6.45) is 7.08. The van der Waals surface area contributed by atoms with Gasteiger partial charge in [-0.05, 0) is 25.3 Å². The summed E-state index contributed by atoms with van der Waals surface area (Å²) in [5.41, 5.74) is 2.83. The van der Waals surface area contributed by atoms with Gasteiger partial charge in [0.2, 0.25) is 0 Å². The van der Waals surface area contributed by atoms with Crippen molar-refractivity contribution in [2.75, 3.05) is 12.3 Å². The maximum atomic E-state index is 3.70. The van der Waals surface area contributed by atoms with Gasteiger partial charge in [-0.25, -0.2) is 0 Å². The van der Waals surface area contributed by atoms with E-state index in [0.29, 0.717) is 0 Å². The zero-order valence-corrected chi connectivity index (χ0v) is 12.3. The van der Waals surface area contributed by atoms with Crippen LogP contribution in [-0.4, -0.2) is 18.3 Å². The average Bonchev–Trinajstić information content (AvgIpc) is 2.40. The molecule has 0 heterocycles. The van der Waals surface area contributed by atoms with E-state index >= 15 is 0 Å². The Morgan fingerprint density at radius 3 is 2.83 bits per heavy atom. The summed E-state index contributed by atoms with van der Waals surface area (Å²) < 4.78 is 0. The molecule has 2 heteroatoms. The number of rotatable bonds is 6. The second kappa shape index (κ2) is 7.85. The molecule has 100 valence electrons. The van der Waals surface area contributed by atoms with Crippen molar-refractivity contribution in [3.05, 3.63) is 35.4 Å². The van der Waals surface area contributed by atoms with Crippen LogP contribution in [-0.2, 0) is 5.75 Å². The van der Waals surface area contributed by atoms with Gasteiger partial charge >= 0.3 is 0 Å². The summed E-state index contributed by atoms with van der Waals surface area (Å²) in [6.45, 7) is 3.33. The predicted octanol–water partition coefficient (Wildman–Crippen LogP) is 4.15. The largest absolute Gasteiger partial charge is 0.313 e. The van der Waals surface area contributed by atoms with Gasteiger partial charge in [0.1, 0.15) is 0 Å². The Kier molecular flexibility index (Phi) is 6.09. The first-order chi connectivity index (χ1) is 8.84. The molecule has 0 radical (unpaired) electrons. The fraction of sp³-hybridized carbons (Fsp3) is 0.625. The first-order valence-electron chi connectivity index (χ1n) is 7.21. The van der Waals surface area contributed by atoms with Crippen LogP contribution in [0.3, 0.4) is 0 Å². The second-order valence-corrected chi connectivity index (χ2v) is 6.44. The van der Waals surface area contributed by atoms with Crippen molar-refractivity contribution in [2.24, 2.45) is 0 Å². The molecule has 1 saturated carbocycles. The summed E-state index contributed by atoms with van der Waals surface area (Å²) in [5, 5.41) is 3.70. The van der Waals surface area contributed by atoms with E-state index in [2.05, 4.69) is 36.5 Å². The minimum absolute atomic E-state index is 0.804. The van der Waals surface area contributed by atoms with E-state index in [1.807, 2.05) is 11.8 Å². The average molecular weight is 263 g/mol. The molecule has 1 aliphatic rings. The Morgan fingerprint density at radius 2 is 2.06 bits per heavy atom. The van der Waals surface area contributed by atoms with Crippen molar-refractivity contribution in [2.45, 2.75) is 50.8 Å². The molecule has 1 N–H and O–H groups in total. The van der Waals surface area contributed by atoms with Crippen LogP contribution in [0, 0.1) is 6.92 Å². The Morgan fingerprint density at radius 1 is 1.22 bits per heavy atom. The van der Waals surface area contributed by atoms with Crippen molar-refractivity contribution in [1.29, 1.82) is 0 Å². The zero-order valence-electron chi connectivity index (χ0n) is 11.5. The highest BCUT2D eigenvalue weighted by Crippen LogP contribution is 2.17. The Labute approximate surface area is 116 Å². The Balaban J connectivity index is 1.55. The van der Waals surface area contributed by atoms with Crippen LogP contribution < -0.4 is 5.32 Å². The molecule has 1 aromatic carbocycles. The summed E-state index contributed by atoms with van der Waals surface area (Å²) in [6, 6.07) is 9.65. The molecule has 1 fully saturated rings. The monoisotopic (exact) mass is 263 g/mol. The van der Waals surface area contributed by atoms with Gasteiger partial charge in [0, 0.05) is 24.1 Å². The number of benzene rings is 1. The van der Waals surface area contributed by atoms with Crippen molar-refractivity contribution < 1.29 is 0 Å². The summed E-state index contributed by atoms with van der Waals surface area (Å²) in [5.74, 6) is 2.37. The Bertz CT molecular complexity index is 345. The molecule has 1 aliphatic carbocycles. The lowest BCUT2D eigenvalue weighted by atomic mass is 9.96. The number of thioether (sulfide) groups is 1. The van der Waals surface area contributed by atoms with E-state index in [-0.39, 0.29) is 0 Å². The minimum atomic E-state index is 0.804. The van der Waals surface area contributed by atoms with Gasteiger partial charge in [-0.1, -0.05) is 49.1 Å². The van der Waals surface area contributed by atoms with Crippen LogP contribution >= 0.6 is 11.8 Å². The lowest BCUT2D eigenvalue weighted by molar-refractivity contribution is 0.381. The molecular formula is C16H25NS. The smallest absolute Gasteiger partial charge is 0.0185 e. The van der Waals surface area contributed by atoms with Crippen molar-refractivity contribution in [3.63, 3.8) is 0 Å². The molecule has 1 nitrogen and oxygen atoms in total. The van der Waals surface area contributed by atoms with E-state index in [1.165, 1.54) is 55.5 Å². The molecule has 0 aromatic heterocycles. The minimum Gasteiger partial charge on any atom is -0.313 e. The predicted molar refractivity (Wildman–Crippen MR) is 82.2 cm³/mol. The van der Waals surface area contributed by atoms with E-state index in [4.69, 9.17) is 0 Å². The lowest BCUT2D eigenvalue weighted by Gasteiger charge is -2.22. The molecule has 2 rings (SSSR count). The van der Waals surface area contributed by atoms with Gasteiger partial charge in [0.05, 0.1) is 0 Å². The van der Waals surface area contributed by atoms with Gasteiger partial charge in [-0.2, -0.15) is 11.8 Å². The highest BCUT2D eigenvalue weighted by atomic mass is 32.2. The highest BCUT2D eigenvalue weighted by Gasteiger charge is 2.11. The molecule has 0 bridgehead atoms. The molecule has 0 spiro atoms.